The Morgan fingerprint density at radius 2 is 2.00 bits per heavy atom. The minimum atomic E-state index is 1.02. The first-order valence-corrected chi connectivity index (χ1v) is 4.34. The van der Waals surface area contributed by atoms with E-state index in [1.54, 1.807) is 0 Å². The lowest BCUT2D eigenvalue weighted by Gasteiger charge is -2.00. The van der Waals surface area contributed by atoms with Gasteiger partial charge in [-0.25, -0.2) is 0 Å². The lowest BCUT2D eigenvalue weighted by molar-refractivity contribution is 1.24. The van der Waals surface area contributed by atoms with E-state index >= 15 is 0 Å². The highest BCUT2D eigenvalue weighted by atomic mass is 14.7. The molecule has 0 fully saturated rings. The summed E-state index contributed by atoms with van der Waals surface area (Å²) in [6, 6.07) is 8.20. The largest absolute Gasteiger partial charge is 0.258 e. The summed E-state index contributed by atoms with van der Waals surface area (Å²) >= 11 is 0. The molecule has 0 saturated carbocycles. The highest BCUT2D eigenvalue weighted by molar-refractivity contribution is 5.84. The first-order chi connectivity index (χ1) is 5.74. The van der Waals surface area contributed by atoms with E-state index in [4.69, 9.17) is 0 Å². The molecule has 1 aromatic carbocycles. The van der Waals surface area contributed by atoms with Crippen LogP contribution in [-0.2, 0) is 0 Å². The standard InChI is InChI=1S/C11H15N/c1-4-10(3)12-11-8-6-5-7-9(11)2/h5-8H,4H2,1-3H3/b12-10-. The summed E-state index contributed by atoms with van der Waals surface area (Å²) in [6.45, 7) is 6.27. The third-order valence-electron chi connectivity index (χ3n) is 1.94. The zero-order chi connectivity index (χ0) is 8.97. The van der Waals surface area contributed by atoms with Gasteiger partial charge in [-0.15, -0.1) is 0 Å². The number of aliphatic imine (C=N–C) groups is 1. The van der Waals surface area contributed by atoms with Gasteiger partial charge in [0.05, 0.1) is 5.69 Å². The van der Waals surface area contributed by atoms with Crippen LogP contribution < -0.4 is 0 Å². The van der Waals surface area contributed by atoms with Gasteiger partial charge in [0.2, 0.25) is 0 Å². The number of aryl methyl sites for hydroxylation is 1. The van der Waals surface area contributed by atoms with E-state index < -0.39 is 0 Å². The van der Waals surface area contributed by atoms with Crippen LogP contribution in [0.2, 0.25) is 0 Å². The SMILES string of the molecule is CC/C(C)=N\c1ccccc1C. The van der Waals surface area contributed by atoms with Crippen molar-refractivity contribution >= 4 is 11.4 Å². The lowest BCUT2D eigenvalue weighted by atomic mass is 10.2. The van der Waals surface area contributed by atoms with Crippen LogP contribution in [0.4, 0.5) is 5.69 Å². The minimum absolute atomic E-state index is 1.02. The van der Waals surface area contributed by atoms with Gasteiger partial charge < -0.3 is 0 Å². The van der Waals surface area contributed by atoms with Gasteiger partial charge in [0.15, 0.2) is 0 Å². The van der Waals surface area contributed by atoms with Gasteiger partial charge in [-0.05, 0) is 31.9 Å². The van der Waals surface area contributed by atoms with Crippen molar-refractivity contribution in [2.45, 2.75) is 27.2 Å². The van der Waals surface area contributed by atoms with Gasteiger partial charge in [0.1, 0.15) is 0 Å². The smallest absolute Gasteiger partial charge is 0.0658 e. The van der Waals surface area contributed by atoms with Crippen LogP contribution >= 0.6 is 0 Å². The summed E-state index contributed by atoms with van der Waals surface area (Å²) in [5.74, 6) is 0. The molecule has 1 aromatic rings. The van der Waals surface area contributed by atoms with Crippen LogP contribution in [0.25, 0.3) is 0 Å². The number of hydrogen-bond donors (Lipinski definition) is 0. The Morgan fingerprint density at radius 3 is 2.58 bits per heavy atom. The van der Waals surface area contributed by atoms with E-state index in [0.717, 1.165) is 12.1 Å². The second-order valence-corrected chi connectivity index (χ2v) is 2.99. The molecule has 0 aliphatic rings. The second-order valence-electron chi connectivity index (χ2n) is 2.99. The van der Waals surface area contributed by atoms with Gasteiger partial charge in [0.25, 0.3) is 0 Å². The molecule has 0 atom stereocenters. The zero-order valence-electron chi connectivity index (χ0n) is 7.96. The first kappa shape index (κ1) is 8.98. The van der Waals surface area contributed by atoms with Gasteiger partial charge in [-0.2, -0.15) is 0 Å². The summed E-state index contributed by atoms with van der Waals surface area (Å²) < 4.78 is 0. The molecule has 0 unspecified atom stereocenters. The molecule has 0 aliphatic carbocycles. The van der Waals surface area contributed by atoms with Crippen molar-refractivity contribution in [3.05, 3.63) is 29.8 Å². The fourth-order valence-electron chi connectivity index (χ4n) is 0.974. The van der Waals surface area contributed by atoms with Crippen molar-refractivity contribution in [2.75, 3.05) is 0 Å². The molecule has 1 nitrogen and oxygen atoms in total. The van der Waals surface area contributed by atoms with Gasteiger partial charge in [-0.3, -0.25) is 4.99 Å². The Balaban J connectivity index is 2.96. The molecule has 0 spiro atoms. The van der Waals surface area contributed by atoms with Crippen LogP contribution in [0.1, 0.15) is 25.8 Å². The third kappa shape index (κ3) is 2.19. The number of rotatable bonds is 2. The summed E-state index contributed by atoms with van der Waals surface area (Å²) in [6.07, 6.45) is 1.02. The average molecular weight is 161 g/mol. The molecule has 64 valence electrons. The molecule has 0 bridgehead atoms. The number of nitrogens with zero attached hydrogens (tertiary/aromatic N) is 1. The Kier molecular flexibility index (Phi) is 3.03. The number of benzene rings is 1. The van der Waals surface area contributed by atoms with E-state index in [1.165, 1.54) is 11.3 Å². The Bertz CT molecular complexity index is 287. The van der Waals surface area contributed by atoms with Gasteiger partial charge in [0, 0.05) is 5.71 Å². The second kappa shape index (κ2) is 4.05. The van der Waals surface area contributed by atoms with E-state index in [9.17, 15) is 0 Å². The van der Waals surface area contributed by atoms with Crippen molar-refractivity contribution in [3.63, 3.8) is 0 Å². The average Bonchev–Trinajstić information content (AvgIpc) is 2.09. The molecular formula is C11H15N. The van der Waals surface area contributed by atoms with Crippen molar-refractivity contribution in [3.8, 4) is 0 Å². The Morgan fingerprint density at radius 1 is 1.33 bits per heavy atom. The number of hydrogen-bond acceptors (Lipinski definition) is 1. The van der Waals surface area contributed by atoms with Crippen LogP contribution in [-0.4, -0.2) is 5.71 Å². The molecule has 0 heterocycles. The minimum Gasteiger partial charge on any atom is -0.258 e. The first-order valence-electron chi connectivity index (χ1n) is 4.34. The highest BCUT2D eigenvalue weighted by Crippen LogP contribution is 2.17. The molecular weight excluding hydrogens is 146 g/mol. The predicted molar refractivity (Wildman–Crippen MR) is 54.2 cm³/mol. The van der Waals surface area contributed by atoms with Crippen molar-refractivity contribution in [2.24, 2.45) is 4.99 Å². The molecule has 1 rings (SSSR count). The summed E-state index contributed by atoms with van der Waals surface area (Å²) in [5, 5.41) is 0. The molecule has 0 amide bonds. The zero-order valence-corrected chi connectivity index (χ0v) is 7.96. The normalized spacial score (nSPS) is 11.8. The van der Waals surface area contributed by atoms with Crippen LogP contribution in [0.15, 0.2) is 29.3 Å². The summed E-state index contributed by atoms with van der Waals surface area (Å²) in [7, 11) is 0. The molecule has 0 saturated heterocycles. The molecule has 0 aromatic heterocycles. The van der Waals surface area contributed by atoms with Crippen molar-refractivity contribution in [1.82, 2.24) is 0 Å². The van der Waals surface area contributed by atoms with Gasteiger partial charge in [-0.1, -0.05) is 25.1 Å². The fourth-order valence-corrected chi connectivity index (χ4v) is 0.974. The van der Waals surface area contributed by atoms with Crippen molar-refractivity contribution < 1.29 is 0 Å². The van der Waals surface area contributed by atoms with Crippen LogP contribution in [0.5, 0.6) is 0 Å². The third-order valence-corrected chi connectivity index (χ3v) is 1.94. The predicted octanol–water partition coefficient (Wildman–Crippen LogP) is 3.50. The quantitative estimate of drug-likeness (QED) is 0.589. The van der Waals surface area contributed by atoms with E-state index in [2.05, 4.69) is 37.9 Å². The molecule has 0 radical (unpaired) electrons. The maximum absolute atomic E-state index is 4.49. The molecule has 12 heavy (non-hydrogen) atoms. The van der Waals surface area contributed by atoms with Crippen LogP contribution in [0.3, 0.4) is 0 Å². The van der Waals surface area contributed by atoms with E-state index in [1.807, 2.05) is 12.1 Å². The Hall–Kier alpha value is -1.11. The molecule has 1 heteroatoms. The summed E-state index contributed by atoms with van der Waals surface area (Å²) in [4.78, 5) is 4.49. The Labute approximate surface area is 74.2 Å². The number of para-hydroxylation sites is 1. The monoisotopic (exact) mass is 161 g/mol. The van der Waals surface area contributed by atoms with Gasteiger partial charge >= 0.3 is 0 Å². The maximum atomic E-state index is 4.49. The lowest BCUT2D eigenvalue weighted by Crippen LogP contribution is -1.86. The van der Waals surface area contributed by atoms with Crippen LogP contribution in [0, 0.1) is 6.92 Å². The highest BCUT2D eigenvalue weighted by Gasteiger charge is 1.93. The van der Waals surface area contributed by atoms with E-state index in [0.29, 0.717) is 0 Å². The summed E-state index contributed by atoms with van der Waals surface area (Å²) in [5.41, 5.74) is 3.52. The molecule has 0 aliphatic heterocycles. The molecule has 0 N–H and O–H groups in total. The maximum Gasteiger partial charge on any atom is 0.0658 e. The van der Waals surface area contributed by atoms with E-state index in [-0.39, 0.29) is 0 Å². The fraction of sp³-hybridized carbons (Fsp3) is 0.364. The van der Waals surface area contributed by atoms with Crippen molar-refractivity contribution in [1.29, 1.82) is 0 Å². The topological polar surface area (TPSA) is 12.4 Å².